The van der Waals surface area contributed by atoms with E-state index in [4.69, 9.17) is 4.74 Å². The predicted octanol–water partition coefficient (Wildman–Crippen LogP) is 3.39. The quantitative estimate of drug-likeness (QED) is 0.624. The molecule has 1 heterocycles. The molecule has 0 saturated heterocycles. The third-order valence-electron chi connectivity index (χ3n) is 2.61. The number of allylic oxidation sites excluding steroid dienone is 3. The van der Waals surface area contributed by atoms with Crippen molar-refractivity contribution < 1.29 is 4.74 Å². The van der Waals surface area contributed by atoms with Crippen molar-refractivity contribution >= 4 is 11.9 Å². The van der Waals surface area contributed by atoms with E-state index in [2.05, 4.69) is 11.1 Å². The summed E-state index contributed by atoms with van der Waals surface area (Å²) < 4.78 is 5.83. The Hall–Kier alpha value is -1.83. The molecule has 2 aliphatic rings. The minimum absolute atomic E-state index is 0.838. The van der Waals surface area contributed by atoms with Gasteiger partial charge in [-0.3, -0.25) is 4.99 Å². The van der Waals surface area contributed by atoms with Crippen molar-refractivity contribution in [3.8, 4) is 5.75 Å². The highest BCUT2D eigenvalue weighted by Crippen LogP contribution is 2.33. The minimum atomic E-state index is 0.838. The largest absolute Gasteiger partial charge is 0.455 e. The third kappa shape index (κ3) is 1.48. The molecule has 0 atom stereocenters. The van der Waals surface area contributed by atoms with Crippen LogP contribution in [0.3, 0.4) is 0 Å². The van der Waals surface area contributed by atoms with E-state index in [1.54, 1.807) is 0 Å². The summed E-state index contributed by atoms with van der Waals surface area (Å²) in [5.41, 5.74) is 2.09. The van der Waals surface area contributed by atoms with Gasteiger partial charge in [0.25, 0.3) is 0 Å². The molecular weight excluding hydrogens is 186 g/mol. The topological polar surface area (TPSA) is 21.6 Å². The van der Waals surface area contributed by atoms with Crippen LogP contribution >= 0.6 is 0 Å². The molecule has 3 rings (SSSR count). The maximum atomic E-state index is 5.83. The van der Waals surface area contributed by atoms with Crippen LogP contribution in [0, 0.1) is 0 Å². The monoisotopic (exact) mass is 197 g/mol. The number of hydrogen-bond donors (Lipinski definition) is 0. The van der Waals surface area contributed by atoms with Crippen LogP contribution in [0.15, 0.2) is 52.7 Å². The van der Waals surface area contributed by atoms with Crippen LogP contribution in [0.25, 0.3) is 0 Å². The number of aliphatic imine (C=N–C) groups is 1. The van der Waals surface area contributed by atoms with Crippen LogP contribution in [0.2, 0.25) is 0 Å². The Morgan fingerprint density at radius 1 is 1.20 bits per heavy atom. The number of hydrogen-bond acceptors (Lipinski definition) is 2. The van der Waals surface area contributed by atoms with Crippen molar-refractivity contribution in [1.29, 1.82) is 0 Å². The first kappa shape index (κ1) is 8.48. The zero-order valence-corrected chi connectivity index (χ0v) is 8.31. The van der Waals surface area contributed by atoms with Gasteiger partial charge in [-0.2, -0.15) is 0 Å². The van der Waals surface area contributed by atoms with Crippen LogP contribution in [-0.4, -0.2) is 6.21 Å². The summed E-state index contributed by atoms with van der Waals surface area (Å²) in [6.45, 7) is 0. The normalized spacial score (nSPS) is 17.9. The predicted molar refractivity (Wildman–Crippen MR) is 60.6 cm³/mol. The summed E-state index contributed by atoms with van der Waals surface area (Å²) in [6, 6.07) is 7.85. The second-order valence-electron chi connectivity index (χ2n) is 3.66. The van der Waals surface area contributed by atoms with E-state index in [0.29, 0.717) is 0 Å². The van der Waals surface area contributed by atoms with Crippen LogP contribution in [0.4, 0.5) is 5.69 Å². The van der Waals surface area contributed by atoms with E-state index in [1.807, 2.05) is 36.6 Å². The molecular formula is C13H11NO. The zero-order valence-electron chi connectivity index (χ0n) is 8.31. The van der Waals surface area contributed by atoms with Gasteiger partial charge in [-0.05, 0) is 31.1 Å². The molecule has 0 amide bonds. The molecule has 0 radical (unpaired) electrons. The molecule has 15 heavy (non-hydrogen) atoms. The lowest BCUT2D eigenvalue weighted by Gasteiger charge is -2.11. The maximum Gasteiger partial charge on any atom is 0.153 e. The molecule has 0 aromatic heterocycles. The number of benzene rings is 1. The van der Waals surface area contributed by atoms with E-state index < -0.39 is 0 Å². The molecule has 0 spiro atoms. The van der Waals surface area contributed by atoms with E-state index in [9.17, 15) is 0 Å². The summed E-state index contributed by atoms with van der Waals surface area (Å²) in [5, 5.41) is 0. The first-order valence-corrected chi connectivity index (χ1v) is 5.14. The van der Waals surface area contributed by atoms with Gasteiger partial charge in [-0.25, -0.2) is 0 Å². The average Bonchev–Trinajstić information content (AvgIpc) is 2.48. The van der Waals surface area contributed by atoms with Crippen molar-refractivity contribution in [3.05, 3.63) is 47.7 Å². The first-order chi connectivity index (χ1) is 7.43. The second kappa shape index (κ2) is 3.39. The summed E-state index contributed by atoms with van der Waals surface area (Å²) in [5.74, 6) is 1.78. The number of ether oxygens (including phenoxy) is 1. The van der Waals surface area contributed by atoms with Gasteiger partial charge in [0.1, 0.15) is 11.4 Å². The third-order valence-corrected chi connectivity index (χ3v) is 2.61. The van der Waals surface area contributed by atoms with Gasteiger partial charge < -0.3 is 4.74 Å². The minimum Gasteiger partial charge on any atom is -0.455 e. The second-order valence-corrected chi connectivity index (χ2v) is 3.66. The average molecular weight is 197 g/mol. The molecule has 0 unspecified atom stereocenters. The highest BCUT2D eigenvalue weighted by atomic mass is 16.5. The Labute approximate surface area is 88.6 Å². The standard InChI is InChI=1S/C13H11NO/c1-3-7-12-10(5-1)9-14-11-6-2-4-8-13(11)15-12/h2-4,6-9H,1,5H2. The Morgan fingerprint density at radius 2 is 2.13 bits per heavy atom. The molecule has 1 aromatic carbocycles. The summed E-state index contributed by atoms with van der Waals surface area (Å²) >= 11 is 0. The van der Waals surface area contributed by atoms with Gasteiger partial charge in [-0.15, -0.1) is 0 Å². The fraction of sp³-hybridized carbons (Fsp3) is 0.154. The van der Waals surface area contributed by atoms with Gasteiger partial charge in [0.15, 0.2) is 5.75 Å². The number of para-hydroxylation sites is 2. The fourth-order valence-corrected chi connectivity index (χ4v) is 1.80. The summed E-state index contributed by atoms with van der Waals surface area (Å²) in [7, 11) is 0. The molecule has 0 saturated carbocycles. The molecule has 1 aliphatic carbocycles. The Bertz CT molecular complexity index is 483. The van der Waals surface area contributed by atoms with Crippen LogP contribution in [0.1, 0.15) is 12.8 Å². The molecule has 2 heteroatoms. The van der Waals surface area contributed by atoms with Crippen molar-refractivity contribution in [2.45, 2.75) is 12.8 Å². The molecule has 1 aliphatic heterocycles. The van der Waals surface area contributed by atoms with E-state index in [-0.39, 0.29) is 0 Å². The lowest BCUT2D eigenvalue weighted by atomic mass is 10.0. The molecule has 2 nitrogen and oxygen atoms in total. The van der Waals surface area contributed by atoms with E-state index in [1.165, 1.54) is 5.57 Å². The SMILES string of the molecule is C1=CC2=C(C=Nc3ccccc3O2)CC1. The highest BCUT2D eigenvalue weighted by molar-refractivity contribution is 5.84. The van der Waals surface area contributed by atoms with Gasteiger partial charge in [0, 0.05) is 11.8 Å². The van der Waals surface area contributed by atoms with E-state index >= 15 is 0 Å². The lowest BCUT2D eigenvalue weighted by Crippen LogP contribution is -2.00. The van der Waals surface area contributed by atoms with E-state index in [0.717, 1.165) is 30.0 Å². The Balaban J connectivity index is 2.09. The molecule has 74 valence electrons. The molecule has 0 bridgehead atoms. The van der Waals surface area contributed by atoms with Crippen LogP contribution < -0.4 is 4.74 Å². The molecule has 0 fully saturated rings. The molecule has 1 aromatic rings. The van der Waals surface area contributed by atoms with Crippen molar-refractivity contribution in [1.82, 2.24) is 0 Å². The summed E-state index contributed by atoms with van der Waals surface area (Å²) in [4.78, 5) is 4.43. The zero-order chi connectivity index (χ0) is 10.1. The maximum absolute atomic E-state index is 5.83. The van der Waals surface area contributed by atoms with Gasteiger partial charge in [0.2, 0.25) is 0 Å². The lowest BCUT2D eigenvalue weighted by molar-refractivity contribution is 0.439. The van der Waals surface area contributed by atoms with Gasteiger partial charge in [-0.1, -0.05) is 18.2 Å². The number of rotatable bonds is 0. The van der Waals surface area contributed by atoms with Crippen molar-refractivity contribution in [2.75, 3.05) is 0 Å². The van der Waals surface area contributed by atoms with Gasteiger partial charge in [0.05, 0.1) is 0 Å². The number of fused-ring (bicyclic) bond motifs is 1. The smallest absolute Gasteiger partial charge is 0.153 e. The highest BCUT2D eigenvalue weighted by Gasteiger charge is 2.13. The Morgan fingerprint density at radius 3 is 3.13 bits per heavy atom. The Kier molecular flexibility index (Phi) is 1.91. The summed E-state index contributed by atoms with van der Waals surface area (Å²) in [6.07, 6.45) is 8.19. The van der Waals surface area contributed by atoms with Crippen molar-refractivity contribution in [2.24, 2.45) is 4.99 Å². The molecule has 0 N–H and O–H groups in total. The number of nitrogens with zero attached hydrogens (tertiary/aromatic N) is 1. The van der Waals surface area contributed by atoms with Crippen LogP contribution in [-0.2, 0) is 0 Å². The van der Waals surface area contributed by atoms with Crippen molar-refractivity contribution in [3.63, 3.8) is 0 Å². The van der Waals surface area contributed by atoms with Crippen LogP contribution in [0.5, 0.6) is 5.75 Å². The first-order valence-electron chi connectivity index (χ1n) is 5.14. The fourth-order valence-electron chi connectivity index (χ4n) is 1.80. The van der Waals surface area contributed by atoms with Gasteiger partial charge >= 0.3 is 0 Å².